The predicted molar refractivity (Wildman–Crippen MR) is 63.2 cm³/mol. The third-order valence-electron chi connectivity index (χ3n) is 3.42. The Balaban J connectivity index is 2.92. The van der Waals surface area contributed by atoms with E-state index in [1.165, 1.54) is 11.6 Å². The highest BCUT2D eigenvalue weighted by atomic mass is 16.2. The number of anilines is 2. The van der Waals surface area contributed by atoms with Gasteiger partial charge >= 0.3 is 5.69 Å². The molecule has 1 aliphatic heterocycles. The van der Waals surface area contributed by atoms with Gasteiger partial charge in [0.15, 0.2) is 0 Å². The van der Waals surface area contributed by atoms with Crippen LogP contribution in [0.4, 0.5) is 11.5 Å². The standard InChI is InChI=1S/C10H16N4O2/c1-6-11(2)7-8(12(6)3)13(4)10(16)14(5)9(7)15/h6H,1-5H3. The Hall–Kier alpha value is -1.72. The van der Waals surface area contributed by atoms with Gasteiger partial charge in [0.1, 0.15) is 11.5 Å². The summed E-state index contributed by atoms with van der Waals surface area (Å²) in [5.41, 5.74) is 0.0505. The van der Waals surface area contributed by atoms with Gasteiger partial charge < -0.3 is 9.80 Å². The lowest BCUT2D eigenvalue weighted by atomic mass is 10.4. The van der Waals surface area contributed by atoms with Gasteiger partial charge in [-0.2, -0.15) is 0 Å². The molecule has 0 saturated carbocycles. The lowest BCUT2D eigenvalue weighted by Gasteiger charge is -2.22. The van der Waals surface area contributed by atoms with E-state index < -0.39 is 0 Å². The number of hydrogen-bond acceptors (Lipinski definition) is 4. The van der Waals surface area contributed by atoms with Crippen LogP contribution in [-0.4, -0.2) is 29.4 Å². The van der Waals surface area contributed by atoms with E-state index in [-0.39, 0.29) is 17.4 Å². The van der Waals surface area contributed by atoms with Gasteiger partial charge in [-0.1, -0.05) is 0 Å². The van der Waals surface area contributed by atoms with Gasteiger partial charge in [0.2, 0.25) is 0 Å². The monoisotopic (exact) mass is 224 g/mol. The van der Waals surface area contributed by atoms with Crippen LogP contribution in [0.1, 0.15) is 6.92 Å². The number of hydrogen-bond donors (Lipinski definition) is 0. The van der Waals surface area contributed by atoms with Crippen molar-refractivity contribution in [3.05, 3.63) is 20.8 Å². The Morgan fingerprint density at radius 3 is 2.06 bits per heavy atom. The number of aromatic nitrogens is 2. The Kier molecular flexibility index (Phi) is 2.11. The molecule has 0 aliphatic carbocycles. The van der Waals surface area contributed by atoms with Crippen molar-refractivity contribution < 1.29 is 0 Å². The van der Waals surface area contributed by atoms with Crippen LogP contribution in [0.2, 0.25) is 0 Å². The maximum Gasteiger partial charge on any atom is 0.332 e. The first-order valence-electron chi connectivity index (χ1n) is 5.13. The topological polar surface area (TPSA) is 50.5 Å². The Morgan fingerprint density at radius 2 is 1.50 bits per heavy atom. The van der Waals surface area contributed by atoms with Crippen molar-refractivity contribution in [2.45, 2.75) is 13.1 Å². The summed E-state index contributed by atoms with van der Waals surface area (Å²) in [6, 6.07) is 0. The summed E-state index contributed by atoms with van der Waals surface area (Å²) < 4.78 is 2.65. The maximum absolute atomic E-state index is 12.0. The molecule has 0 amide bonds. The summed E-state index contributed by atoms with van der Waals surface area (Å²) in [5.74, 6) is 0.683. The molecule has 2 heterocycles. The lowest BCUT2D eigenvalue weighted by Crippen LogP contribution is -2.38. The SMILES string of the molecule is CC1N(C)c2c(n(C)c(=O)n(C)c2=O)N1C. The molecule has 0 fully saturated rings. The first-order chi connectivity index (χ1) is 7.37. The zero-order valence-electron chi connectivity index (χ0n) is 10.2. The molecule has 88 valence electrons. The van der Waals surface area contributed by atoms with Crippen LogP contribution in [0.25, 0.3) is 0 Å². The molecule has 6 nitrogen and oxygen atoms in total. The zero-order chi connectivity index (χ0) is 12.2. The van der Waals surface area contributed by atoms with E-state index in [9.17, 15) is 9.59 Å². The van der Waals surface area contributed by atoms with Gasteiger partial charge in [-0.15, -0.1) is 0 Å². The number of nitrogens with zero attached hydrogens (tertiary/aromatic N) is 4. The van der Waals surface area contributed by atoms with E-state index in [1.54, 1.807) is 7.05 Å². The van der Waals surface area contributed by atoms with Crippen LogP contribution in [-0.2, 0) is 14.1 Å². The van der Waals surface area contributed by atoms with Gasteiger partial charge in [0, 0.05) is 28.2 Å². The molecular weight excluding hydrogens is 208 g/mol. The van der Waals surface area contributed by atoms with Crippen molar-refractivity contribution in [3.8, 4) is 0 Å². The van der Waals surface area contributed by atoms with Crippen LogP contribution in [0.5, 0.6) is 0 Å². The van der Waals surface area contributed by atoms with Crippen molar-refractivity contribution in [1.29, 1.82) is 0 Å². The van der Waals surface area contributed by atoms with Crippen LogP contribution in [0.3, 0.4) is 0 Å². The summed E-state index contributed by atoms with van der Waals surface area (Å²) in [4.78, 5) is 27.6. The first-order valence-corrected chi connectivity index (χ1v) is 5.13. The minimum atomic E-state index is -0.293. The van der Waals surface area contributed by atoms with Crippen molar-refractivity contribution in [2.24, 2.45) is 14.1 Å². The molecule has 6 heteroatoms. The molecule has 1 atom stereocenters. The van der Waals surface area contributed by atoms with E-state index in [4.69, 9.17) is 0 Å². The molecule has 0 aromatic carbocycles. The highest BCUT2D eigenvalue weighted by Gasteiger charge is 2.33. The third-order valence-corrected chi connectivity index (χ3v) is 3.42. The Labute approximate surface area is 93.3 Å². The minimum absolute atomic E-state index is 0.0794. The zero-order valence-corrected chi connectivity index (χ0v) is 10.2. The van der Waals surface area contributed by atoms with E-state index in [0.717, 1.165) is 4.57 Å². The summed E-state index contributed by atoms with van der Waals surface area (Å²) in [5, 5.41) is 0. The van der Waals surface area contributed by atoms with E-state index in [1.807, 2.05) is 30.8 Å². The molecule has 0 radical (unpaired) electrons. The summed E-state index contributed by atoms with van der Waals surface area (Å²) in [6.45, 7) is 1.99. The molecule has 1 aliphatic rings. The molecule has 0 spiro atoms. The molecular formula is C10H16N4O2. The molecule has 0 bridgehead atoms. The van der Waals surface area contributed by atoms with E-state index in [0.29, 0.717) is 11.5 Å². The smallest absolute Gasteiger partial charge is 0.332 e. The van der Waals surface area contributed by atoms with Crippen LogP contribution >= 0.6 is 0 Å². The van der Waals surface area contributed by atoms with Crippen molar-refractivity contribution >= 4 is 11.5 Å². The largest absolute Gasteiger partial charge is 0.347 e. The molecule has 2 rings (SSSR count). The molecule has 16 heavy (non-hydrogen) atoms. The third kappa shape index (κ3) is 1.07. The fourth-order valence-corrected chi connectivity index (χ4v) is 2.15. The van der Waals surface area contributed by atoms with Gasteiger partial charge in [-0.05, 0) is 6.92 Å². The van der Waals surface area contributed by atoms with E-state index in [2.05, 4.69) is 0 Å². The normalized spacial score (nSPS) is 19.2. The van der Waals surface area contributed by atoms with Crippen molar-refractivity contribution in [2.75, 3.05) is 23.9 Å². The second-order valence-corrected chi connectivity index (χ2v) is 4.23. The second-order valence-electron chi connectivity index (χ2n) is 4.23. The number of rotatable bonds is 0. The average molecular weight is 224 g/mol. The molecule has 1 aromatic rings. The highest BCUT2D eigenvalue weighted by Crippen LogP contribution is 2.32. The molecule has 1 aromatic heterocycles. The summed E-state index contributed by atoms with van der Waals surface area (Å²) in [6.07, 6.45) is 0.0794. The maximum atomic E-state index is 12.0. The van der Waals surface area contributed by atoms with Gasteiger partial charge in [-0.25, -0.2) is 4.79 Å². The number of fused-ring (bicyclic) bond motifs is 1. The van der Waals surface area contributed by atoms with Crippen LogP contribution in [0, 0.1) is 0 Å². The van der Waals surface area contributed by atoms with Gasteiger partial charge in [0.05, 0.1) is 6.17 Å². The molecule has 0 saturated heterocycles. The molecule has 0 N–H and O–H groups in total. The highest BCUT2D eigenvalue weighted by molar-refractivity contribution is 5.72. The van der Waals surface area contributed by atoms with Crippen LogP contribution in [0.15, 0.2) is 9.59 Å². The van der Waals surface area contributed by atoms with Crippen molar-refractivity contribution in [3.63, 3.8) is 0 Å². The Morgan fingerprint density at radius 1 is 0.938 bits per heavy atom. The summed E-state index contributed by atoms with van der Waals surface area (Å²) in [7, 11) is 6.93. The predicted octanol–water partition coefficient (Wildman–Crippen LogP) is -0.684. The Bertz CT molecular complexity index is 557. The van der Waals surface area contributed by atoms with Crippen LogP contribution < -0.4 is 21.0 Å². The minimum Gasteiger partial charge on any atom is -0.347 e. The summed E-state index contributed by atoms with van der Waals surface area (Å²) >= 11 is 0. The van der Waals surface area contributed by atoms with E-state index >= 15 is 0 Å². The van der Waals surface area contributed by atoms with Gasteiger partial charge in [-0.3, -0.25) is 13.9 Å². The average Bonchev–Trinajstić information content (AvgIpc) is 2.48. The lowest BCUT2D eigenvalue weighted by molar-refractivity contribution is 0.675. The second kappa shape index (κ2) is 3.13. The van der Waals surface area contributed by atoms with Crippen molar-refractivity contribution in [1.82, 2.24) is 9.13 Å². The molecule has 1 unspecified atom stereocenters. The quantitative estimate of drug-likeness (QED) is 0.585. The fourth-order valence-electron chi connectivity index (χ4n) is 2.15. The first kappa shape index (κ1) is 10.8. The fraction of sp³-hybridized carbons (Fsp3) is 0.600. The van der Waals surface area contributed by atoms with Gasteiger partial charge in [0.25, 0.3) is 5.56 Å².